The number of primary amides is 1. The van der Waals surface area contributed by atoms with Gasteiger partial charge >= 0.3 is 0 Å². The molecular weight excluding hydrogens is 212 g/mol. The normalized spacial score (nSPS) is 13.4. The molecule has 0 saturated heterocycles. The van der Waals surface area contributed by atoms with Crippen LogP contribution in [0.25, 0.3) is 0 Å². The Labute approximate surface area is 103 Å². The van der Waals surface area contributed by atoms with E-state index in [0.717, 1.165) is 12.0 Å². The topological polar surface area (TPSA) is 55.1 Å². The number of rotatable bonds is 5. The van der Waals surface area contributed by atoms with E-state index in [-0.39, 0.29) is 11.9 Å². The number of aryl methyl sites for hydroxylation is 1. The van der Waals surface area contributed by atoms with Gasteiger partial charge in [0.15, 0.2) is 0 Å². The van der Waals surface area contributed by atoms with E-state index in [1.54, 1.807) is 13.8 Å². The smallest absolute Gasteiger partial charge is 0.237 e. The minimum absolute atomic E-state index is 0.100. The van der Waals surface area contributed by atoms with E-state index in [0.29, 0.717) is 0 Å². The number of amides is 1. The lowest BCUT2D eigenvalue weighted by Crippen LogP contribution is -2.51. The molecule has 1 rings (SSSR count). The monoisotopic (exact) mass is 234 g/mol. The second-order valence-electron chi connectivity index (χ2n) is 4.95. The highest BCUT2D eigenvalue weighted by atomic mass is 16.1. The van der Waals surface area contributed by atoms with Gasteiger partial charge in [0, 0.05) is 6.04 Å². The number of nitrogens with two attached hydrogens (primary N) is 1. The molecule has 1 atom stereocenters. The quantitative estimate of drug-likeness (QED) is 0.820. The molecule has 1 amide bonds. The van der Waals surface area contributed by atoms with E-state index in [9.17, 15) is 4.79 Å². The Morgan fingerprint density at radius 1 is 1.35 bits per heavy atom. The molecular formula is C14H22N2O. The van der Waals surface area contributed by atoms with Crippen LogP contribution in [0, 0.1) is 0 Å². The standard InChI is InChI=1S/C14H22N2O/c1-5-11-6-8-12(9-7-11)10(2)16-14(3,4)13(15)17/h6-10,16H,5H2,1-4H3,(H2,15,17). The van der Waals surface area contributed by atoms with E-state index in [1.807, 2.05) is 6.92 Å². The fourth-order valence-electron chi connectivity index (χ4n) is 1.74. The summed E-state index contributed by atoms with van der Waals surface area (Å²) in [5.74, 6) is -0.338. The van der Waals surface area contributed by atoms with E-state index < -0.39 is 5.54 Å². The van der Waals surface area contributed by atoms with Gasteiger partial charge in [-0.1, -0.05) is 31.2 Å². The second-order valence-corrected chi connectivity index (χ2v) is 4.95. The first-order valence-corrected chi connectivity index (χ1v) is 6.03. The highest BCUT2D eigenvalue weighted by Gasteiger charge is 2.26. The molecule has 3 heteroatoms. The summed E-state index contributed by atoms with van der Waals surface area (Å²) < 4.78 is 0. The Hall–Kier alpha value is -1.35. The average Bonchev–Trinajstić information content (AvgIpc) is 2.28. The van der Waals surface area contributed by atoms with Gasteiger partial charge in [0.25, 0.3) is 0 Å². The molecule has 0 fully saturated rings. The fourth-order valence-corrected chi connectivity index (χ4v) is 1.74. The molecule has 0 aliphatic carbocycles. The zero-order valence-electron chi connectivity index (χ0n) is 11.1. The number of hydrogen-bond donors (Lipinski definition) is 2. The minimum Gasteiger partial charge on any atom is -0.368 e. The predicted molar refractivity (Wildman–Crippen MR) is 70.6 cm³/mol. The third-order valence-corrected chi connectivity index (χ3v) is 3.08. The summed E-state index contributed by atoms with van der Waals surface area (Å²) in [5.41, 5.74) is 7.13. The summed E-state index contributed by atoms with van der Waals surface area (Å²) in [7, 11) is 0. The molecule has 0 aliphatic rings. The van der Waals surface area contributed by atoms with Gasteiger partial charge in [0.05, 0.1) is 5.54 Å². The molecule has 0 spiro atoms. The number of nitrogens with one attached hydrogen (secondary N) is 1. The summed E-state index contributed by atoms with van der Waals surface area (Å²) in [6.07, 6.45) is 1.04. The molecule has 0 aliphatic heterocycles. The van der Waals surface area contributed by atoms with Crippen molar-refractivity contribution in [2.75, 3.05) is 0 Å². The first-order valence-electron chi connectivity index (χ1n) is 6.03. The van der Waals surface area contributed by atoms with Crippen LogP contribution in [0.1, 0.15) is 44.9 Å². The summed E-state index contributed by atoms with van der Waals surface area (Å²) in [6, 6.07) is 8.51. The van der Waals surface area contributed by atoms with Crippen molar-refractivity contribution in [3.05, 3.63) is 35.4 Å². The lowest BCUT2D eigenvalue weighted by Gasteiger charge is -2.27. The SMILES string of the molecule is CCc1ccc(C(C)NC(C)(C)C(N)=O)cc1. The maximum atomic E-state index is 11.2. The van der Waals surface area contributed by atoms with Crippen molar-refractivity contribution < 1.29 is 4.79 Å². The highest BCUT2D eigenvalue weighted by molar-refractivity contribution is 5.83. The molecule has 1 aromatic rings. The molecule has 0 saturated carbocycles. The van der Waals surface area contributed by atoms with Crippen molar-refractivity contribution in [1.82, 2.24) is 5.32 Å². The van der Waals surface area contributed by atoms with Gasteiger partial charge in [-0.25, -0.2) is 0 Å². The van der Waals surface area contributed by atoms with Gasteiger partial charge in [0.1, 0.15) is 0 Å². The Bertz CT molecular complexity index is 382. The van der Waals surface area contributed by atoms with Crippen molar-refractivity contribution >= 4 is 5.91 Å². The van der Waals surface area contributed by atoms with Crippen LogP contribution in [0.2, 0.25) is 0 Å². The molecule has 94 valence electrons. The van der Waals surface area contributed by atoms with Crippen molar-refractivity contribution in [3.8, 4) is 0 Å². The average molecular weight is 234 g/mol. The molecule has 1 aromatic carbocycles. The zero-order chi connectivity index (χ0) is 13.1. The van der Waals surface area contributed by atoms with Crippen molar-refractivity contribution in [2.45, 2.75) is 45.7 Å². The molecule has 0 radical (unpaired) electrons. The molecule has 3 N–H and O–H groups in total. The van der Waals surface area contributed by atoms with Gasteiger partial charge in [-0.15, -0.1) is 0 Å². The predicted octanol–water partition coefficient (Wildman–Crippen LogP) is 2.16. The molecule has 3 nitrogen and oxygen atoms in total. The van der Waals surface area contributed by atoms with Crippen LogP contribution in [-0.4, -0.2) is 11.4 Å². The fraction of sp³-hybridized carbons (Fsp3) is 0.500. The van der Waals surface area contributed by atoms with Crippen LogP contribution in [0.5, 0.6) is 0 Å². The van der Waals surface area contributed by atoms with E-state index in [4.69, 9.17) is 5.73 Å². The molecule has 1 unspecified atom stereocenters. The molecule has 0 aromatic heterocycles. The maximum absolute atomic E-state index is 11.2. The Balaban J connectivity index is 2.76. The maximum Gasteiger partial charge on any atom is 0.237 e. The number of benzene rings is 1. The van der Waals surface area contributed by atoms with Crippen molar-refractivity contribution in [3.63, 3.8) is 0 Å². The van der Waals surface area contributed by atoms with E-state index in [2.05, 4.69) is 36.5 Å². The Kier molecular flexibility index (Phi) is 4.29. The Morgan fingerprint density at radius 2 is 1.88 bits per heavy atom. The van der Waals surface area contributed by atoms with Crippen molar-refractivity contribution in [1.29, 1.82) is 0 Å². The first-order chi connectivity index (χ1) is 7.86. The van der Waals surface area contributed by atoms with Crippen LogP contribution >= 0.6 is 0 Å². The van der Waals surface area contributed by atoms with E-state index in [1.165, 1.54) is 5.56 Å². The number of carbonyl (C=O) groups is 1. The Morgan fingerprint density at radius 3 is 2.29 bits per heavy atom. The number of carbonyl (C=O) groups excluding carboxylic acids is 1. The summed E-state index contributed by atoms with van der Waals surface area (Å²) in [6.45, 7) is 7.76. The number of hydrogen-bond acceptors (Lipinski definition) is 2. The molecule has 0 bridgehead atoms. The van der Waals surface area contributed by atoms with Crippen LogP contribution in [-0.2, 0) is 11.2 Å². The summed E-state index contributed by atoms with van der Waals surface area (Å²) in [4.78, 5) is 11.2. The second kappa shape index (κ2) is 5.32. The van der Waals surface area contributed by atoms with Gasteiger partial charge in [-0.05, 0) is 38.3 Å². The van der Waals surface area contributed by atoms with Gasteiger partial charge < -0.3 is 5.73 Å². The van der Waals surface area contributed by atoms with Crippen LogP contribution < -0.4 is 11.1 Å². The molecule has 17 heavy (non-hydrogen) atoms. The third-order valence-electron chi connectivity index (χ3n) is 3.08. The summed E-state index contributed by atoms with van der Waals surface area (Å²) >= 11 is 0. The first kappa shape index (κ1) is 13.7. The van der Waals surface area contributed by atoms with Gasteiger partial charge in [-0.3, -0.25) is 10.1 Å². The van der Waals surface area contributed by atoms with E-state index >= 15 is 0 Å². The lowest BCUT2D eigenvalue weighted by atomic mass is 9.99. The minimum atomic E-state index is -0.692. The van der Waals surface area contributed by atoms with Gasteiger partial charge in [-0.2, -0.15) is 0 Å². The van der Waals surface area contributed by atoms with Gasteiger partial charge in [0.2, 0.25) is 5.91 Å². The lowest BCUT2D eigenvalue weighted by molar-refractivity contribution is -0.123. The van der Waals surface area contributed by atoms with Crippen LogP contribution in [0.4, 0.5) is 0 Å². The van der Waals surface area contributed by atoms with Crippen LogP contribution in [0.15, 0.2) is 24.3 Å². The largest absolute Gasteiger partial charge is 0.368 e. The van der Waals surface area contributed by atoms with Crippen molar-refractivity contribution in [2.24, 2.45) is 5.73 Å². The highest BCUT2D eigenvalue weighted by Crippen LogP contribution is 2.17. The van der Waals surface area contributed by atoms with Crippen LogP contribution in [0.3, 0.4) is 0 Å². The summed E-state index contributed by atoms with van der Waals surface area (Å²) in [5, 5.41) is 3.23. The zero-order valence-corrected chi connectivity index (χ0v) is 11.1. The third kappa shape index (κ3) is 3.56. The molecule has 0 heterocycles.